The van der Waals surface area contributed by atoms with Crippen molar-refractivity contribution in [2.24, 2.45) is 0 Å². The smallest absolute Gasteiger partial charge is 0.497 e. The van der Waals surface area contributed by atoms with Gasteiger partial charge in [0.1, 0.15) is 11.5 Å². The fraction of sp³-hybridized carbons (Fsp3) is 0.297. The Hall–Kier alpha value is -3.66. The molecule has 4 aromatic rings. The number of thiophene rings is 1. The third-order valence-corrected chi connectivity index (χ3v) is 12.1. The summed E-state index contributed by atoms with van der Waals surface area (Å²) < 4.78 is 30.0. The van der Waals surface area contributed by atoms with Crippen LogP contribution in [0.1, 0.15) is 49.3 Å². The SMILES string of the molecule is CCO[Si](OCC)(OCC)c1ccc(/C(C)=C/C=C/c2ccc(N(Cc3ccc(OC)cc3)Cc3ccc(OC)cc3)cc2)s1. The number of methoxy groups -OCH3 is 2. The molecule has 0 saturated heterocycles. The standard InChI is InChI=1S/C37H45NO5SSi/c1-7-41-45(42-8-2,43-9-3)37-26-25-36(44-37)29(4)11-10-12-30-13-19-33(20-14-30)38(27-31-15-21-34(39-5)22-16-31)28-32-17-23-35(40-6)24-18-32/h10-26H,7-9,27-28H2,1-6H3/b12-10+,29-11+. The van der Waals surface area contributed by atoms with Gasteiger partial charge in [-0.15, -0.1) is 11.3 Å². The Kier molecular flexibility index (Phi) is 13.0. The van der Waals surface area contributed by atoms with E-state index in [2.05, 4.69) is 90.7 Å². The molecule has 0 saturated carbocycles. The normalized spacial score (nSPS) is 12.1. The maximum atomic E-state index is 6.10. The fourth-order valence-electron chi connectivity index (χ4n) is 4.95. The van der Waals surface area contributed by atoms with Gasteiger partial charge < -0.3 is 27.7 Å². The van der Waals surface area contributed by atoms with Crippen LogP contribution in [0.2, 0.25) is 0 Å². The van der Waals surface area contributed by atoms with Crippen LogP contribution in [0.25, 0.3) is 11.6 Å². The van der Waals surface area contributed by atoms with Crippen molar-refractivity contribution in [2.75, 3.05) is 38.9 Å². The van der Waals surface area contributed by atoms with Gasteiger partial charge in [0.15, 0.2) is 0 Å². The van der Waals surface area contributed by atoms with Crippen LogP contribution in [0, 0.1) is 0 Å². The summed E-state index contributed by atoms with van der Waals surface area (Å²) in [7, 11) is 0.488. The number of hydrogen-bond acceptors (Lipinski definition) is 7. The Bertz CT molecular complexity index is 1450. The second kappa shape index (κ2) is 17.1. The molecule has 0 spiro atoms. The van der Waals surface area contributed by atoms with Crippen molar-refractivity contribution in [3.63, 3.8) is 0 Å². The second-order valence-electron chi connectivity index (χ2n) is 10.4. The summed E-state index contributed by atoms with van der Waals surface area (Å²) >= 11 is 1.69. The maximum Gasteiger partial charge on any atom is 0.547 e. The van der Waals surface area contributed by atoms with Crippen molar-refractivity contribution in [3.8, 4) is 11.5 Å². The first kappa shape index (κ1) is 34.2. The Morgan fingerprint density at radius 2 is 1.20 bits per heavy atom. The van der Waals surface area contributed by atoms with Gasteiger partial charge in [-0.05, 0) is 98.5 Å². The quantitative estimate of drug-likeness (QED) is 0.0852. The van der Waals surface area contributed by atoms with Crippen LogP contribution in [0.15, 0.2) is 97.1 Å². The first-order valence-corrected chi connectivity index (χ1v) is 18.0. The second-order valence-corrected chi connectivity index (χ2v) is 14.3. The molecule has 0 N–H and O–H groups in total. The van der Waals surface area contributed by atoms with E-state index in [4.69, 9.17) is 22.8 Å². The molecule has 0 unspecified atom stereocenters. The summed E-state index contributed by atoms with van der Waals surface area (Å²) in [6, 6.07) is 29.5. The van der Waals surface area contributed by atoms with E-state index >= 15 is 0 Å². The molecule has 4 rings (SSSR count). The Labute approximate surface area is 273 Å². The molecule has 6 nitrogen and oxygen atoms in total. The van der Waals surface area contributed by atoms with Gasteiger partial charge in [-0.1, -0.05) is 54.6 Å². The first-order valence-electron chi connectivity index (χ1n) is 15.4. The molecule has 0 aliphatic rings. The Morgan fingerprint density at radius 3 is 1.67 bits per heavy atom. The van der Waals surface area contributed by atoms with Gasteiger partial charge in [-0.3, -0.25) is 0 Å². The van der Waals surface area contributed by atoms with Crippen LogP contribution in [0.5, 0.6) is 11.5 Å². The molecule has 45 heavy (non-hydrogen) atoms. The highest BCUT2D eigenvalue weighted by atomic mass is 32.1. The van der Waals surface area contributed by atoms with Crippen LogP contribution in [-0.2, 0) is 26.4 Å². The molecule has 0 atom stereocenters. The van der Waals surface area contributed by atoms with Crippen LogP contribution in [0.3, 0.4) is 0 Å². The lowest BCUT2D eigenvalue weighted by molar-refractivity contribution is 0.0866. The van der Waals surface area contributed by atoms with Gasteiger partial charge >= 0.3 is 8.80 Å². The number of anilines is 1. The number of hydrogen-bond donors (Lipinski definition) is 0. The Morgan fingerprint density at radius 1 is 0.689 bits per heavy atom. The number of nitrogens with zero attached hydrogens (tertiary/aromatic N) is 1. The minimum Gasteiger partial charge on any atom is -0.497 e. The molecule has 0 amide bonds. The zero-order valence-electron chi connectivity index (χ0n) is 27.2. The molecule has 0 bridgehead atoms. The molecule has 1 aromatic heterocycles. The van der Waals surface area contributed by atoms with E-state index in [1.54, 1.807) is 25.6 Å². The van der Waals surface area contributed by atoms with Gasteiger partial charge in [0.05, 0.1) is 18.7 Å². The van der Waals surface area contributed by atoms with Crippen molar-refractivity contribution >= 4 is 42.0 Å². The number of allylic oxidation sites excluding steroid dienone is 3. The molecule has 8 heteroatoms. The maximum absolute atomic E-state index is 6.10. The van der Waals surface area contributed by atoms with Crippen LogP contribution >= 0.6 is 11.3 Å². The highest BCUT2D eigenvalue weighted by molar-refractivity contribution is 7.24. The van der Waals surface area contributed by atoms with Gasteiger partial charge in [-0.2, -0.15) is 0 Å². The van der Waals surface area contributed by atoms with Gasteiger partial charge in [-0.25, -0.2) is 0 Å². The van der Waals surface area contributed by atoms with Crippen LogP contribution in [-0.4, -0.2) is 42.8 Å². The van der Waals surface area contributed by atoms with Gasteiger partial charge in [0, 0.05) is 43.5 Å². The first-order chi connectivity index (χ1) is 21.9. The highest BCUT2D eigenvalue weighted by Crippen LogP contribution is 2.25. The minimum absolute atomic E-state index is 0.552. The molecule has 0 fully saturated rings. The topological polar surface area (TPSA) is 49.4 Å². The summed E-state index contributed by atoms with van der Waals surface area (Å²) in [5.74, 6) is 1.72. The van der Waals surface area contributed by atoms with E-state index in [0.29, 0.717) is 19.8 Å². The summed E-state index contributed by atoms with van der Waals surface area (Å²) in [6.07, 6.45) is 6.39. The highest BCUT2D eigenvalue weighted by Gasteiger charge is 2.44. The number of ether oxygens (including phenoxy) is 2. The van der Waals surface area contributed by atoms with Crippen LogP contribution < -0.4 is 18.9 Å². The zero-order chi connectivity index (χ0) is 32.1. The lowest BCUT2D eigenvalue weighted by Gasteiger charge is -2.27. The average molecular weight is 644 g/mol. The predicted octanol–water partition coefficient (Wildman–Crippen LogP) is 8.34. The lowest BCUT2D eigenvalue weighted by atomic mass is 10.1. The van der Waals surface area contributed by atoms with Gasteiger partial charge in [0.25, 0.3) is 0 Å². The predicted molar refractivity (Wildman–Crippen MR) is 190 cm³/mol. The largest absolute Gasteiger partial charge is 0.547 e. The summed E-state index contributed by atoms with van der Waals surface area (Å²) in [5, 5.41) is 0. The van der Waals surface area contributed by atoms with E-state index in [1.165, 1.54) is 21.6 Å². The lowest BCUT2D eigenvalue weighted by Crippen LogP contribution is -2.55. The van der Waals surface area contributed by atoms with E-state index in [9.17, 15) is 0 Å². The third kappa shape index (κ3) is 9.42. The van der Waals surface area contributed by atoms with Crippen molar-refractivity contribution in [1.29, 1.82) is 0 Å². The average Bonchev–Trinajstić information content (AvgIpc) is 3.57. The monoisotopic (exact) mass is 643 g/mol. The summed E-state index contributed by atoms with van der Waals surface area (Å²) in [6.45, 7) is 11.3. The molecule has 1 heterocycles. The van der Waals surface area contributed by atoms with E-state index < -0.39 is 8.80 Å². The van der Waals surface area contributed by atoms with E-state index in [0.717, 1.165) is 40.3 Å². The third-order valence-electron chi connectivity index (χ3n) is 7.26. The van der Waals surface area contributed by atoms with Crippen LogP contribution in [0.4, 0.5) is 5.69 Å². The van der Waals surface area contributed by atoms with Crippen molar-refractivity contribution in [1.82, 2.24) is 0 Å². The molecular weight excluding hydrogens is 599 g/mol. The summed E-state index contributed by atoms with van der Waals surface area (Å²) in [4.78, 5) is 3.56. The van der Waals surface area contributed by atoms with E-state index in [-0.39, 0.29) is 0 Å². The Balaban J connectivity index is 1.49. The molecule has 0 radical (unpaired) electrons. The molecule has 3 aromatic carbocycles. The van der Waals surface area contributed by atoms with Gasteiger partial charge in [0.2, 0.25) is 0 Å². The van der Waals surface area contributed by atoms with Crippen molar-refractivity contribution in [3.05, 3.63) is 119 Å². The van der Waals surface area contributed by atoms with E-state index in [1.807, 2.05) is 45.0 Å². The zero-order valence-corrected chi connectivity index (χ0v) is 29.1. The number of rotatable bonds is 17. The molecule has 0 aliphatic heterocycles. The van der Waals surface area contributed by atoms with Crippen molar-refractivity contribution < 1.29 is 22.8 Å². The van der Waals surface area contributed by atoms with Crippen molar-refractivity contribution in [2.45, 2.75) is 40.8 Å². The summed E-state index contributed by atoms with van der Waals surface area (Å²) in [5.41, 5.74) is 5.90. The molecular formula is C37H45NO5SSi. The number of benzene rings is 3. The molecule has 0 aliphatic carbocycles. The fourth-order valence-corrected chi connectivity index (χ4v) is 9.15. The minimum atomic E-state index is -2.90. The molecule has 238 valence electrons.